The summed E-state index contributed by atoms with van der Waals surface area (Å²) in [6.07, 6.45) is 3.55. The summed E-state index contributed by atoms with van der Waals surface area (Å²) in [5.41, 5.74) is 13.2. The van der Waals surface area contributed by atoms with E-state index in [2.05, 4.69) is 9.88 Å². The molecule has 0 radical (unpaired) electrons. The fraction of sp³-hybridized carbons (Fsp3) is 0.429. The van der Waals surface area contributed by atoms with Crippen molar-refractivity contribution < 1.29 is 4.79 Å². The number of nitrogens with two attached hydrogens (primary N) is 2. The van der Waals surface area contributed by atoms with Gasteiger partial charge in [-0.1, -0.05) is 6.07 Å². The molecule has 0 spiro atoms. The average Bonchev–Trinajstić information content (AvgIpc) is 2.85. The van der Waals surface area contributed by atoms with Crippen LogP contribution in [0.3, 0.4) is 0 Å². The van der Waals surface area contributed by atoms with Crippen LogP contribution in [-0.2, 0) is 11.3 Å². The molecular formula is C14H19N5O. The van der Waals surface area contributed by atoms with Crippen molar-refractivity contribution in [1.82, 2.24) is 9.38 Å². The van der Waals surface area contributed by atoms with Crippen LogP contribution in [0.4, 0.5) is 5.82 Å². The third-order valence-corrected chi connectivity index (χ3v) is 4.00. The molecule has 3 heterocycles. The minimum Gasteiger partial charge on any atom is -0.369 e. The van der Waals surface area contributed by atoms with Crippen LogP contribution in [0, 0.1) is 5.92 Å². The number of carbonyl (C=O) groups is 1. The van der Waals surface area contributed by atoms with Gasteiger partial charge in [0, 0.05) is 31.7 Å². The summed E-state index contributed by atoms with van der Waals surface area (Å²) < 4.78 is 2.02. The van der Waals surface area contributed by atoms with Crippen LogP contribution in [0.1, 0.15) is 18.5 Å². The van der Waals surface area contributed by atoms with Gasteiger partial charge in [0.2, 0.25) is 5.91 Å². The summed E-state index contributed by atoms with van der Waals surface area (Å²) in [6, 6.07) is 5.90. The number of primary amides is 1. The molecule has 1 amide bonds. The molecule has 1 aliphatic rings. The van der Waals surface area contributed by atoms with Gasteiger partial charge in [0.15, 0.2) is 5.82 Å². The summed E-state index contributed by atoms with van der Waals surface area (Å²) in [7, 11) is 0. The van der Waals surface area contributed by atoms with Crippen LogP contribution in [0.25, 0.3) is 5.65 Å². The average molecular weight is 273 g/mol. The van der Waals surface area contributed by atoms with Crippen molar-refractivity contribution in [2.75, 3.05) is 18.0 Å². The van der Waals surface area contributed by atoms with Crippen molar-refractivity contribution in [3.8, 4) is 0 Å². The molecule has 0 aliphatic carbocycles. The molecule has 0 bridgehead atoms. The smallest absolute Gasteiger partial charge is 0.220 e. The van der Waals surface area contributed by atoms with E-state index in [0.29, 0.717) is 6.54 Å². The summed E-state index contributed by atoms with van der Waals surface area (Å²) >= 11 is 0. The zero-order chi connectivity index (χ0) is 14.1. The van der Waals surface area contributed by atoms with E-state index in [1.165, 1.54) is 0 Å². The third-order valence-electron chi connectivity index (χ3n) is 4.00. The number of nitrogens with zero attached hydrogens (tertiary/aromatic N) is 3. The number of piperidine rings is 1. The molecule has 20 heavy (non-hydrogen) atoms. The van der Waals surface area contributed by atoms with Crippen molar-refractivity contribution in [1.29, 1.82) is 0 Å². The van der Waals surface area contributed by atoms with Gasteiger partial charge in [-0.15, -0.1) is 0 Å². The molecule has 1 aliphatic heterocycles. The van der Waals surface area contributed by atoms with E-state index < -0.39 is 0 Å². The van der Waals surface area contributed by atoms with Crippen LogP contribution in [-0.4, -0.2) is 28.4 Å². The van der Waals surface area contributed by atoms with Gasteiger partial charge in [0.05, 0.1) is 5.69 Å². The van der Waals surface area contributed by atoms with Crippen LogP contribution >= 0.6 is 0 Å². The second-order valence-corrected chi connectivity index (χ2v) is 5.18. The lowest BCUT2D eigenvalue weighted by atomic mass is 9.96. The lowest BCUT2D eigenvalue weighted by Gasteiger charge is -2.31. The van der Waals surface area contributed by atoms with Crippen molar-refractivity contribution in [2.24, 2.45) is 17.4 Å². The normalized spacial score (nSPS) is 16.8. The number of anilines is 1. The third kappa shape index (κ3) is 2.12. The Labute approximate surface area is 117 Å². The number of rotatable bonds is 3. The van der Waals surface area contributed by atoms with Gasteiger partial charge >= 0.3 is 0 Å². The predicted molar refractivity (Wildman–Crippen MR) is 77.2 cm³/mol. The minimum atomic E-state index is -0.196. The number of fused-ring (bicyclic) bond motifs is 1. The summed E-state index contributed by atoms with van der Waals surface area (Å²) in [4.78, 5) is 18.1. The molecule has 2 aromatic rings. The first kappa shape index (κ1) is 12.9. The molecule has 4 N–H and O–H groups in total. The Hall–Kier alpha value is -2.08. The number of carbonyl (C=O) groups excluding carboxylic acids is 1. The maximum absolute atomic E-state index is 11.2. The largest absolute Gasteiger partial charge is 0.369 e. The van der Waals surface area contributed by atoms with Gasteiger partial charge in [-0.25, -0.2) is 4.98 Å². The maximum Gasteiger partial charge on any atom is 0.220 e. The Balaban J connectivity index is 1.89. The van der Waals surface area contributed by atoms with Gasteiger partial charge in [-0.05, 0) is 25.0 Å². The number of hydrogen-bond acceptors (Lipinski definition) is 4. The molecule has 2 aromatic heterocycles. The van der Waals surface area contributed by atoms with Crippen molar-refractivity contribution in [3.63, 3.8) is 0 Å². The summed E-state index contributed by atoms with van der Waals surface area (Å²) in [5, 5.41) is 0. The number of amides is 1. The Morgan fingerprint density at radius 2 is 2.10 bits per heavy atom. The summed E-state index contributed by atoms with van der Waals surface area (Å²) in [5.74, 6) is 0.727. The van der Waals surface area contributed by atoms with E-state index in [1.807, 2.05) is 28.8 Å². The quantitative estimate of drug-likeness (QED) is 0.852. The lowest BCUT2D eigenvalue weighted by molar-refractivity contribution is -0.122. The van der Waals surface area contributed by atoms with E-state index in [0.717, 1.165) is 43.1 Å². The van der Waals surface area contributed by atoms with Crippen molar-refractivity contribution in [2.45, 2.75) is 19.4 Å². The first-order valence-electron chi connectivity index (χ1n) is 6.91. The Morgan fingerprint density at radius 1 is 1.35 bits per heavy atom. The molecular weight excluding hydrogens is 254 g/mol. The number of hydrogen-bond donors (Lipinski definition) is 2. The van der Waals surface area contributed by atoms with Crippen LogP contribution in [0.5, 0.6) is 0 Å². The second-order valence-electron chi connectivity index (χ2n) is 5.18. The zero-order valence-corrected chi connectivity index (χ0v) is 11.3. The lowest BCUT2D eigenvalue weighted by Crippen LogP contribution is -2.39. The highest BCUT2D eigenvalue weighted by Crippen LogP contribution is 2.26. The monoisotopic (exact) mass is 273 g/mol. The van der Waals surface area contributed by atoms with E-state index in [9.17, 15) is 4.79 Å². The molecule has 3 rings (SSSR count). The fourth-order valence-corrected chi connectivity index (χ4v) is 2.85. The topological polar surface area (TPSA) is 89.6 Å². The van der Waals surface area contributed by atoms with Gasteiger partial charge in [0.1, 0.15) is 5.65 Å². The van der Waals surface area contributed by atoms with Gasteiger partial charge in [-0.3, -0.25) is 4.79 Å². The molecule has 0 unspecified atom stereocenters. The van der Waals surface area contributed by atoms with E-state index in [-0.39, 0.29) is 11.8 Å². The van der Waals surface area contributed by atoms with Gasteiger partial charge in [0.25, 0.3) is 0 Å². The SMILES string of the molecule is NCc1c(N2CCC(C(N)=O)CC2)nc2ccccn12. The van der Waals surface area contributed by atoms with Crippen molar-refractivity contribution >= 4 is 17.4 Å². The second kappa shape index (κ2) is 5.13. The summed E-state index contributed by atoms with van der Waals surface area (Å²) in [6.45, 7) is 2.03. The first-order chi connectivity index (χ1) is 9.70. The van der Waals surface area contributed by atoms with E-state index in [1.54, 1.807) is 0 Å². The van der Waals surface area contributed by atoms with E-state index in [4.69, 9.17) is 11.5 Å². The number of imidazole rings is 1. The fourth-order valence-electron chi connectivity index (χ4n) is 2.85. The standard InChI is InChI=1S/C14H19N5O/c15-9-11-14(17-12-3-1-2-6-19(11)12)18-7-4-10(5-8-18)13(16)20/h1-3,6,10H,4-5,7-9,15H2,(H2,16,20). The van der Waals surface area contributed by atoms with Gasteiger partial charge < -0.3 is 20.8 Å². The van der Waals surface area contributed by atoms with Crippen molar-refractivity contribution in [3.05, 3.63) is 30.1 Å². The minimum absolute atomic E-state index is 0.00962. The maximum atomic E-state index is 11.2. The molecule has 0 saturated carbocycles. The highest BCUT2D eigenvalue weighted by Gasteiger charge is 2.26. The van der Waals surface area contributed by atoms with Crippen LogP contribution < -0.4 is 16.4 Å². The molecule has 106 valence electrons. The molecule has 6 nitrogen and oxygen atoms in total. The number of aromatic nitrogens is 2. The Kier molecular flexibility index (Phi) is 3.31. The number of pyridine rings is 1. The first-order valence-corrected chi connectivity index (χ1v) is 6.91. The van der Waals surface area contributed by atoms with Crippen LogP contribution in [0.2, 0.25) is 0 Å². The molecule has 1 saturated heterocycles. The molecule has 1 fully saturated rings. The Morgan fingerprint density at radius 3 is 2.75 bits per heavy atom. The molecule has 6 heteroatoms. The Bertz CT molecular complexity index is 628. The van der Waals surface area contributed by atoms with E-state index >= 15 is 0 Å². The molecule has 0 atom stereocenters. The van der Waals surface area contributed by atoms with Crippen LogP contribution in [0.15, 0.2) is 24.4 Å². The highest BCUT2D eigenvalue weighted by atomic mass is 16.1. The zero-order valence-electron chi connectivity index (χ0n) is 11.3. The molecule has 0 aromatic carbocycles. The predicted octanol–water partition coefficient (Wildman–Crippen LogP) is 0.495. The van der Waals surface area contributed by atoms with Gasteiger partial charge in [-0.2, -0.15) is 0 Å². The highest BCUT2D eigenvalue weighted by molar-refractivity contribution is 5.77.